The molecule has 0 saturated carbocycles. The molecule has 2 aromatic heterocycles. The van der Waals surface area contributed by atoms with Crippen LogP contribution in [0, 0.1) is 6.92 Å². The second-order valence-electron chi connectivity index (χ2n) is 5.43. The van der Waals surface area contributed by atoms with Gasteiger partial charge in [-0.15, -0.1) is 0 Å². The van der Waals surface area contributed by atoms with Gasteiger partial charge in [0, 0.05) is 10.6 Å². The summed E-state index contributed by atoms with van der Waals surface area (Å²) >= 11 is 6.17. The molecule has 0 spiro atoms. The number of aryl methyl sites for hydroxylation is 1. The molecule has 0 atom stereocenters. The van der Waals surface area contributed by atoms with Crippen molar-refractivity contribution in [2.75, 3.05) is 6.61 Å². The van der Waals surface area contributed by atoms with Gasteiger partial charge in [0.1, 0.15) is 12.2 Å². The van der Waals surface area contributed by atoms with E-state index in [0.717, 1.165) is 11.3 Å². The minimum atomic E-state index is -0.443. The van der Waals surface area contributed by atoms with Gasteiger partial charge in [-0.25, -0.2) is 19.4 Å². The van der Waals surface area contributed by atoms with Crippen LogP contribution >= 0.6 is 11.6 Å². The highest BCUT2D eigenvalue weighted by molar-refractivity contribution is 6.31. The van der Waals surface area contributed by atoms with Gasteiger partial charge in [0.15, 0.2) is 11.5 Å². The predicted molar refractivity (Wildman–Crippen MR) is 87.4 cm³/mol. The molecule has 24 heavy (non-hydrogen) atoms. The molecule has 1 aliphatic heterocycles. The van der Waals surface area contributed by atoms with Crippen LogP contribution in [0.25, 0.3) is 17.1 Å². The normalized spacial score (nSPS) is 12.1. The number of ether oxygens (including phenoxy) is 1. The van der Waals surface area contributed by atoms with E-state index < -0.39 is 5.97 Å². The molecule has 0 N–H and O–H groups in total. The second-order valence-corrected chi connectivity index (χ2v) is 5.87. The van der Waals surface area contributed by atoms with E-state index in [1.54, 1.807) is 24.0 Å². The summed E-state index contributed by atoms with van der Waals surface area (Å²) in [6.45, 7) is 4.26. The molecule has 3 aromatic rings. The minimum Gasteiger partial charge on any atom is -0.461 e. The van der Waals surface area contributed by atoms with Crippen LogP contribution in [0.4, 0.5) is 0 Å². The standard InChI is InChI=1S/C16H14ClN5O2/c1-3-24-16(23)14-13-7-22-15(19-9(2)20-22)11-6-10(17)4-5-12(11)21(13)8-18-14/h4-6,8H,3,7H2,1-2H3. The van der Waals surface area contributed by atoms with Crippen molar-refractivity contribution in [1.29, 1.82) is 0 Å². The summed E-state index contributed by atoms with van der Waals surface area (Å²) in [5.41, 5.74) is 2.69. The first-order valence-electron chi connectivity index (χ1n) is 7.53. The Hall–Kier alpha value is -2.67. The number of aromatic nitrogens is 5. The third-order valence-electron chi connectivity index (χ3n) is 3.87. The Morgan fingerprint density at radius 3 is 3.04 bits per heavy atom. The van der Waals surface area contributed by atoms with Gasteiger partial charge in [-0.1, -0.05) is 11.6 Å². The Bertz CT molecular complexity index is 960. The molecule has 0 bridgehead atoms. The van der Waals surface area contributed by atoms with Gasteiger partial charge in [0.2, 0.25) is 0 Å². The number of carbonyl (C=O) groups is 1. The van der Waals surface area contributed by atoms with Crippen molar-refractivity contribution in [3.63, 3.8) is 0 Å². The number of hydrogen-bond donors (Lipinski definition) is 0. The van der Waals surface area contributed by atoms with Gasteiger partial charge < -0.3 is 4.74 Å². The van der Waals surface area contributed by atoms with Crippen LogP contribution in [0.3, 0.4) is 0 Å². The highest BCUT2D eigenvalue weighted by Crippen LogP contribution is 2.33. The number of hydrogen-bond acceptors (Lipinski definition) is 5. The van der Waals surface area contributed by atoms with E-state index >= 15 is 0 Å². The average molecular weight is 344 g/mol. The predicted octanol–water partition coefficient (Wildman–Crippen LogP) is 2.63. The van der Waals surface area contributed by atoms with E-state index in [4.69, 9.17) is 16.3 Å². The largest absolute Gasteiger partial charge is 0.461 e. The lowest BCUT2D eigenvalue weighted by Crippen LogP contribution is -2.12. The fourth-order valence-electron chi connectivity index (χ4n) is 2.91. The molecule has 0 radical (unpaired) electrons. The van der Waals surface area contributed by atoms with Gasteiger partial charge in [-0.05, 0) is 32.0 Å². The number of halogens is 1. The molecular formula is C16H14ClN5O2. The first-order chi connectivity index (χ1) is 11.6. The summed E-state index contributed by atoms with van der Waals surface area (Å²) in [5, 5.41) is 5.04. The van der Waals surface area contributed by atoms with Crippen molar-refractivity contribution in [2.24, 2.45) is 0 Å². The fraction of sp³-hybridized carbons (Fsp3) is 0.250. The van der Waals surface area contributed by atoms with E-state index in [-0.39, 0.29) is 0 Å². The average Bonchev–Trinajstić information content (AvgIpc) is 3.09. The molecule has 0 saturated heterocycles. The smallest absolute Gasteiger partial charge is 0.358 e. The summed E-state index contributed by atoms with van der Waals surface area (Å²) in [5.74, 6) is 0.923. The molecular weight excluding hydrogens is 330 g/mol. The van der Waals surface area contributed by atoms with Crippen molar-refractivity contribution >= 4 is 17.6 Å². The quantitative estimate of drug-likeness (QED) is 0.523. The number of fused-ring (bicyclic) bond motifs is 5. The lowest BCUT2D eigenvalue weighted by atomic mass is 10.1. The second kappa shape index (κ2) is 5.45. The molecule has 0 unspecified atom stereocenters. The molecule has 8 heteroatoms. The maximum Gasteiger partial charge on any atom is 0.358 e. The number of carbonyl (C=O) groups excluding carboxylic acids is 1. The molecule has 4 rings (SSSR count). The molecule has 0 amide bonds. The van der Waals surface area contributed by atoms with Gasteiger partial charge in [0.25, 0.3) is 0 Å². The Kier molecular flexibility index (Phi) is 3.38. The van der Waals surface area contributed by atoms with Crippen LogP contribution in [0.1, 0.15) is 28.9 Å². The Morgan fingerprint density at radius 1 is 1.42 bits per heavy atom. The highest BCUT2D eigenvalue weighted by Gasteiger charge is 2.27. The summed E-state index contributed by atoms with van der Waals surface area (Å²) in [6, 6.07) is 5.53. The monoisotopic (exact) mass is 343 g/mol. The van der Waals surface area contributed by atoms with Gasteiger partial charge in [-0.2, -0.15) is 5.10 Å². The Labute approximate surface area is 142 Å². The zero-order valence-corrected chi connectivity index (χ0v) is 13.9. The van der Waals surface area contributed by atoms with E-state index in [9.17, 15) is 4.79 Å². The topological polar surface area (TPSA) is 74.8 Å². The molecule has 122 valence electrons. The molecule has 1 aromatic carbocycles. The minimum absolute atomic E-state index is 0.291. The fourth-order valence-corrected chi connectivity index (χ4v) is 3.08. The molecule has 0 fully saturated rings. The van der Waals surface area contributed by atoms with Crippen LogP contribution in [-0.2, 0) is 11.3 Å². The van der Waals surface area contributed by atoms with E-state index in [2.05, 4.69) is 15.1 Å². The SMILES string of the molecule is CCOC(=O)c1ncn2c1Cn1nc(C)nc1-c1cc(Cl)ccc1-2. The van der Waals surface area contributed by atoms with Crippen LogP contribution in [0.2, 0.25) is 5.02 Å². The van der Waals surface area contributed by atoms with Crippen molar-refractivity contribution in [3.05, 3.63) is 46.8 Å². The Morgan fingerprint density at radius 2 is 2.25 bits per heavy atom. The van der Waals surface area contributed by atoms with Crippen molar-refractivity contribution in [3.8, 4) is 17.1 Å². The summed E-state index contributed by atoms with van der Waals surface area (Å²) in [6.07, 6.45) is 1.62. The number of rotatable bonds is 2. The molecule has 0 aliphatic carbocycles. The van der Waals surface area contributed by atoms with Crippen LogP contribution in [0.5, 0.6) is 0 Å². The third kappa shape index (κ3) is 2.20. The zero-order valence-electron chi connectivity index (χ0n) is 13.2. The molecule has 3 heterocycles. The van der Waals surface area contributed by atoms with Crippen LogP contribution < -0.4 is 0 Å². The third-order valence-corrected chi connectivity index (χ3v) is 4.11. The van der Waals surface area contributed by atoms with E-state index in [1.165, 1.54) is 0 Å². The van der Waals surface area contributed by atoms with Gasteiger partial charge in [0.05, 0.1) is 24.5 Å². The van der Waals surface area contributed by atoms with E-state index in [0.29, 0.717) is 41.2 Å². The maximum atomic E-state index is 12.2. The number of nitrogens with zero attached hydrogens (tertiary/aromatic N) is 5. The molecule has 1 aliphatic rings. The first-order valence-corrected chi connectivity index (χ1v) is 7.91. The van der Waals surface area contributed by atoms with Gasteiger partial charge in [-0.3, -0.25) is 4.57 Å². The maximum absolute atomic E-state index is 12.2. The number of esters is 1. The lowest BCUT2D eigenvalue weighted by Gasteiger charge is -2.09. The number of imidazole rings is 1. The lowest BCUT2D eigenvalue weighted by molar-refractivity contribution is 0.0518. The highest BCUT2D eigenvalue weighted by atomic mass is 35.5. The zero-order chi connectivity index (χ0) is 16.8. The van der Waals surface area contributed by atoms with Gasteiger partial charge >= 0.3 is 5.97 Å². The van der Waals surface area contributed by atoms with Crippen molar-refractivity contribution < 1.29 is 9.53 Å². The van der Waals surface area contributed by atoms with Crippen molar-refractivity contribution in [2.45, 2.75) is 20.4 Å². The summed E-state index contributed by atoms with van der Waals surface area (Å²) < 4.78 is 8.73. The summed E-state index contributed by atoms with van der Waals surface area (Å²) in [7, 11) is 0. The summed E-state index contributed by atoms with van der Waals surface area (Å²) in [4.78, 5) is 21.0. The number of benzene rings is 1. The molecule has 7 nitrogen and oxygen atoms in total. The first kappa shape index (κ1) is 14.9. The van der Waals surface area contributed by atoms with Crippen LogP contribution in [0.15, 0.2) is 24.5 Å². The Balaban J connectivity index is 1.99. The van der Waals surface area contributed by atoms with Crippen LogP contribution in [-0.4, -0.2) is 36.9 Å². The van der Waals surface area contributed by atoms with Crippen molar-refractivity contribution in [1.82, 2.24) is 24.3 Å². The van der Waals surface area contributed by atoms with E-state index in [1.807, 2.05) is 23.6 Å².